The highest BCUT2D eigenvalue weighted by Gasteiger charge is 2.27. The van der Waals surface area contributed by atoms with Crippen LogP contribution in [-0.2, 0) is 16.0 Å². The second-order valence-corrected chi connectivity index (χ2v) is 5.25. The highest BCUT2D eigenvalue weighted by molar-refractivity contribution is 5.96. The summed E-state index contributed by atoms with van der Waals surface area (Å²) < 4.78 is 4.92. The third kappa shape index (κ3) is 3.56. The van der Waals surface area contributed by atoms with Crippen molar-refractivity contribution in [2.75, 3.05) is 32.6 Å². The topological polar surface area (TPSA) is 61.8 Å². The van der Waals surface area contributed by atoms with E-state index < -0.39 is 6.10 Å². The van der Waals surface area contributed by atoms with Crippen LogP contribution in [0.2, 0.25) is 0 Å². The molecule has 0 saturated carbocycles. The summed E-state index contributed by atoms with van der Waals surface area (Å²) in [5, 5.41) is 12.7. The summed E-state index contributed by atoms with van der Waals surface area (Å²) in [6, 6.07) is 7.64. The molecule has 1 aliphatic heterocycles. The molecular formula is C15H22N2O3. The van der Waals surface area contributed by atoms with E-state index >= 15 is 0 Å². The van der Waals surface area contributed by atoms with Crippen LogP contribution >= 0.6 is 0 Å². The fraction of sp³-hybridized carbons (Fsp3) is 0.533. The average Bonchev–Trinajstić information content (AvgIpc) is 2.57. The lowest BCUT2D eigenvalue weighted by Gasteiger charge is -2.27. The summed E-state index contributed by atoms with van der Waals surface area (Å²) in [5.41, 5.74) is 2.06. The summed E-state index contributed by atoms with van der Waals surface area (Å²) in [7, 11) is 3.41. The number of hydrogen-bond donors (Lipinski definition) is 2. The third-order valence-corrected chi connectivity index (χ3v) is 3.65. The van der Waals surface area contributed by atoms with Crippen molar-refractivity contribution in [1.82, 2.24) is 4.90 Å². The van der Waals surface area contributed by atoms with Gasteiger partial charge in [-0.3, -0.25) is 9.69 Å². The molecule has 2 atom stereocenters. The second-order valence-electron chi connectivity index (χ2n) is 5.25. The minimum atomic E-state index is -0.580. The molecule has 0 spiro atoms. The van der Waals surface area contributed by atoms with Crippen LogP contribution in [0.25, 0.3) is 0 Å². The summed E-state index contributed by atoms with van der Waals surface area (Å²) in [5.74, 6) is -0.0120. The number of ether oxygens (including phenoxy) is 1. The van der Waals surface area contributed by atoms with Crippen molar-refractivity contribution in [3.63, 3.8) is 0 Å². The number of amides is 1. The first-order chi connectivity index (χ1) is 9.61. The van der Waals surface area contributed by atoms with Gasteiger partial charge in [-0.2, -0.15) is 0 Å². The SMILES string of the molecule is COCC(O)CN(C)C1CCc2ccccc2NC1=O. The summed E-state index contributed by atoms with van der Waals surface area (Å²) in [6.45, 7) is 0.696. The van der Waals surface area contributed by atoms with Crippen molar-refractivity contribution in [3.8, 4) is 0 Å². The Morgan fingerprint density at radius 3 is 3.00 bits per heavy atom. The molecule has 0 fully saturated rings. The maximum Gasteiger partial charge on any atom is 0.241 e. The number of carbonyl (C=O) groups excluding carboxylic acids is 1. The number of nitrogens with zero attached hydrogens (tertiary/aromatic N) is 1. The zero-order valence-electron chi connectivity index (χ0n) is 12.0. The molecule has 0 radical (unpaired) electrons. The quantitative estimate of drug-likeness (QED) is 0.839. The summed E-state index contributed by atoms with van der Waals surface area (Å²) in [6.07, 6.45) is 1.02. The number of methoxy groups -OCH3 is 1. The number of likely N-dealkylation sites (N-methyl/N-ethyl adjacent to an activating group) is 1. The van der Waals surface area contributed by atoms with Crippen LogP contribution in [0.4, 0.5) is 5.69 Å². The van der Waals surface area contributed by atoms with Crippen molar-refractivity contribution in [3.05, 3.63) is 29.8 Å². The lowest BCUT2D eigenvalue weighted by atomic mass is 10.1. The van der Waals surface area contributed by atoms with E-state index in [0.717, 1.165) is 24.1 Å². The second kappa shape index (κ2) is 6.83. The Balaban J connectivity index is 2.02. The Morgan fingerprint density at radius 2 is 2.25 bits per heavy atom. The zero-order chi connectivity index (χ0) is 14.5. The minimum Gasteiger partial charge on any atom is -0.389 e. The summed E-state index contributed by atoms with van der Waals surface area (Å²) >= 11 is 0. The number of aryl methyl sites for hydroxylation is 1. The number of fused-ring (bicyclic) bond motifs is 1. The zero-order valence-corrected chi connectivity index (χ0v) is 12.0. The van der Waals surface area contributed by atoms with Crippen molar-refractivity contribution in [2.45, 2.75) is 25.0 Å². The van der Waals surface area contributed by atoms with Crippen molar-refractivity contribution in [1.29, 1.82) is 0 Å². The Kier molecular flexibility index (Phi) is 5.11. The maximum absolute atomic E-state index is 12.3. The monoisotopic (exact) mass is 278 g/mol. The highest BCUT2D eigenvalue weighted by atomic mass is 16.5. The first kappa shape index (κ1) is 15.0. The average molecular weight is 278 g/mol. The number of aliphatic hydroxyl groups is 1. The molecule has 5 heteroatoms. The molecule has 0 saturated heterocycles. The molecule has 0 aromatic heterocycles. The largest absolute Gasteiger partial charge is 0.389 e. The Morgan fingerprint density at radius 1 is 1.50 bits per heavy atom. The van der Waals surface area contributed by atoms with Crippen LogP contribution in [0.3, 0.4) is 0 Å². The van der Waals surface area contributed by atoms with E-state index in [9.17, 15) is 9.90 Å². The van der Waals surface area contributed by atoms with Gasteiger partial charge >= 0.3 is 0 Å². The number of anilines is 1. The van der Waals surface area contributed by atoms with Crippen molar-refractivity contribution < 1.29 is 14.6 Å². The van der Waals surface area contributed by atoms with Gasteiger partial charge in [-0.25, -0.2) is 0 Å². The van der Waals surface area contributed by atoms with Gasteiger partial charge < -0.3 is 15.2 Å². The van der Waals surface area contributed by atoms with Crippen molar-refractivity contribution in [2.24, 2.45) is 0 Å². The highest BCUT2D eigenvalue weighted by Crippen LogP contribution is 2.23. The molecule has 5 nitrogen and oxygen atoms in total. The Labute approximate surface area is 119 Å². The summed E-state index contributed by atoms with van der Waals surface area (Å²) in [4.78, 5) is 14.2. The number of carbonyl (C=O) groups is 1. The predicted octanol–water partition coefficient (Wildman–Crippen LogP) is 0.879. The van der Waals surface area contributed by atoms with E-state index in [0.29, 0.717) is 6.54 Å². The molecule has 1 aliphatic rings. The van der Waals surface area contributed by atoms with E-state index in [1.807, 2.05) is 36.2 Å². The van der Waals surface area contributed by atoms with E-state index in [1.165, 1.54) is 0 Å². The number of hydrogen-bond acceptors (Lipinski definition) is 4. The van der Waals surface area contributed by atoms with E-state index in [4.69, 9.17) is 4.74 Å². The van der Waals surface area contributed by atoms with Crippen LogP contribution in [-0.4, -0.2) is 55.4 Å². The first-order valence-corrected chi connectivity index (χ1v) is 6.88. The minimum absolute atomic E-state index is 0.0120. The molecule has 1 heterocycles. The van der Waals surface area contributed by atoms with Crippen LogP contribution < -0.4 is 5.32 Å². The van der Waals surface area contributed by atoms with Gasteiger partial charge in [-0.15, -0.1) is 0 Å². The van der Waals surface area contributed by atoms with Crippen LogP contribution in [0.1, 0.15) is 12.0 Å². The predicted molar refractivity (Wildman–Crippen MR) is 77.7 cm³/mol. The van der Waals surface area contributed by atoms with Gasteiger partial charge in [-0.05, 0) is 31.5 Å². The number of aliphatic hydroxyl groups excluding tert-OH is 1. The van der Waals surface area contributed by atoms with Gasteiger partial charge in [0.25, 0.3) is 0 Å². The van der Waals surface area contributed by atoms with Gasteiger partial charge in [0.15, 0.2) is 0 Å². The van der Waals surface area contributed by atoms with Gasteiger partial charge in [-0.1, -0.05) is 18.2 Å². The van der Waals surface area contributed by atoms with E-state index in [-0.39, 0.29) is 18.6 Å². The maximum atomic E-state index is 12.3. The normalized spacial score (nSPS) is 20.2. The molecule has 1 aromatic rings. The molecule has 2 unspecified atom stereocenters. The van der Waals surface area contributed by atoms with Crippen LogP contribution in [0.5, 0.6) is 0 Å². The molecule has 1 aromatic carbocycles. The lowest BCUT2D eigenvalue weighted by molar-refractivity contribution is -0.121. The molecule has 0 aliphatic carbocycles. The molecular weight excluding hydrogens is 256 g/mol. The molecule has 20 heavy (non-hydrogen) atoms. The fourth-order valence-corrected chi connectivity index (χ4v) is 2.62. The fourth-order valence-electron chi connectivity index (χ4n) is 2.62. The molecule has 0 bridgehead atoms. The molecule has 110 valence electrons. The van der Waals surface area contributed by atoms with E-state index in [2.05, 4.69) is 5.32 Å². The molecule has 1 amide bonds. The van der Waals surface area contributed by atoms with Crippen LogP contribution in [0, 0.1) is 0 Å². The van der Waals surface area contributed by atoms with Crippen molar-refractivity contribution >= 4 is 11.6 Å². The van der Waals surface area contributed by atoms with Crippen LogP contribution in [0.15, 0.2) is 24.3 Å². The standard InChI is InChI=1S/C15H22N2O3/c1-17(9-12(18)10-20-2)14-8-7-11-5-3-4-6-13(11)16-15(14)19/h3-6,12,14,18H,7-10H2,1-2H3,(H,16,19). The van der Waals surface area contributed by atoms with Gasteiger partial charge in [0.2, 0.25) is 5.91 Å². The number of rotatable bonds is 5. The molecule has 2 rings (SSSR count). The third-order valence-electron chi connectivity index (χ3n) is 3.65. The Hall–Kier alpha value is -1.43. The number of benzene rings is 1. The van der Waals surface area contributed by atoms with Gasteiger partial charge in [0, 0.05) is 19.3 Å². The van der Waals surface area contributed by atoms with Gasteiger partial charge in [0.05, 0.1) is 18.8 Å². The van der Waals surface area contributed by atoms with E-state index in [1.54, 1.807) is 7.11 Å². The lowest BCUT2D eigenvalue weighted by Crippen LogP contribution is -2.45. The number of nitrogens with one attached hydrogen (secondary N) is 1. The first-order valence-electron chi connectivity index (χ1n) is 6.88. The van der Waals surface area contributed by atoms with Gasteiger partial charge in [0.1, 0.15) is 0 Å². The number of para-hydroxylation sites is 1. The molecule has 2 N–H and O–H groups in total. The Bertz CT molecular complexity index is 464. The smallest absolute Gasteiger partial charge is 0.241 e.